The van der Waals surface area contributed by atoms with Gasteiger partial charge >= 0.3 is 5.97 Å². The highest BCUT2D eigenvalue weighted by molar-refractivity contribution is 6.03. The molecule has 0 radical (unpaired) electrons. The van der Waals surface area contributed by atoms with Crippen LogP contribution in [-0.2, 0) is 4.74 Å². The molecule has 1 aromatic carbocycles. The molecular weight excluding hydrogens is 185 g/mol. The van der Waals surface area contributed by atoms with Crippen LogP contribution in [0, 0.1) is 0 Å². The molecule has 0 N–H and O–H groups in total. The Hall–Kier alpha value is -1.84. The molecule has 3 nitrogen and oxygen atoms in total. The SMILES string of the molecule is COC(=O)c1cccc2c1ccn2F. The first kappa shape index (κ1) is 8.74. The monoisotopic (exact) mass is 193 g/mol. The first-order chi connectivity index (χ1) is 6.74. The number of methoxy groups -OCH3 is 1. The van der Waals surface area contributed by atoms with Crippen LogP contribution < -0.4 is 0 Å². The molecule has 2 aromatic rings. The molecule has 0 saturated carbocycles. The largest absolute Gasteiger partial charge is 0.465 e. The number of hydrogen-bond acceptors (Lipinski definition) is 2. The van der Waals surface area contributed by atoms with E-state index in [4.69, 9.17) is 0 Å². The van der Waals surface area contributed by atoms with E-state index < -0.39 is 5.97 Å². The molecular formula is C10H8FNO2. The van der Waals surface area contributed by atoms with E-state index in [9.17, 15) is 9.28 Å². The van der Waals surface area contributed by atoms with Gasteiger partial charge in [-0.2, -0.15) is 4.79 Å². The minimum atomic E-state index is -0.457. The molecule has 0 aliphatic rings. The molecule has 0 amide bonds. The Labute approximate surface area is 79.6 Å². The molecule has 1 heterocycles. The summed E-state index contributed by atoms with van der Waals surface area (Å²) in [5, 5.41) is 0.557. The summed E-state index contributed by atoms with van der Waals surface area (Å²) < 4.78 is 17.6. The second-order valence-corrected chi connectivity index (χ2v) is 2.86. The number of benzene rings is 1. The van der Waals surface area contributed by atoms with Crippen molar-refractivity contribution in [2.45, 2.75) is 0 Å². The number of ether oxygens (including phenoxy) is 1. The van der Waals surface area contributed by atoms with Crippen LogP contribution >= 0.6 is 0 Å². The maximum Gasteiger partial charge on any atom is 0.338 e. The van der Waals surface area contributed by atoms with Gasteiger partial charge in [-0.05, 0) is 18.2 Å². The molecule has 72 valence electrons. The zero-order valence-corrected chi connectivity index (χ0v) is 7.53. The Morgan fingerprint density at radius 2 is 2.21 bits per heavy atom. The maximum absolute atomic E-state index is 13.1. The lowest BCUT2D eigenvalue weighted by molar-refractivity contribution is 0.0603. The van der Waals surface area contributed by atoms with E-state index in [0.29, 0.717) is 21.3 Å². The minimum absolute atomic E-state index is 0.368. The van der Waals surface area contributed by atoms with E-state index in [1.807, 2.05) is 0 Å². The summed E-state index contributed by atoms with van der Waals surface area (Å²) in [6.45, 7) is 0. The fraction of sp³-hybridized carbons (Fsp3) is 0.100. The third-order valence-electron chi connectivity index (χ3n) is 2.09. The van der Waals surface area contributed by atoms with Gasteiger partial charge in [-0.15, -0.1) is 0 Å². The molecule has 0 fully saturated rings. The average molecular weight is 193 g/mol. The van der Waals surface area contributed by atoms with Crippen LogP contribution in [0.1, 0.15) is 10.4 Å². The van der Waals surface area contributed by atoms with E-state index in [0.717, 1.165) is 0 Å². The smallest absolute Gasteiger partial charge is 0.338 e. The number of esters is 1. The lowest BCUT2D eigenvalue weighted by Crippen LogP contribution is -2.01. The first-order valence-corrected chi connectivity index (χ1v) is 4.08. The molecule has 0 aliphatic heterocycles. The summed E-state index contributed by atoms with van der Waals surface area (Å²) >= 11 is 0. The second-order valence-electron chi connectivity index (χ2n) is 2.86. The van der Waals surface area contributed by atoms with Gasteiger partial charge in [0.15, 0.2) is 0 Å². The van der Waals surface area contributed by atoms with Gasteiger partial charge in [-0.1, -0.05) is 10.5 Å². The molecule has 4 heteroatoms. The Morgan fingerprint density at radius 1 is 1.43 bits per heavy atom. The second kappa shape index (κ2) is 3.14. The summed E-state index contributed by atoms with van der Waals surface area (Å²) in [4.78, 5) is 11.8. The van der Waals surface area contributed by atoms with Crippen LogP contribution in [0.4, 0.5) is 4.48 Å². The van der Waals surface area contributed by atoms with Gasteiger partial charge in [0.05, 0.1) is 18.2 Å². The van der Waals surface area contributed by atoms with Crippen molar-refractivity contribution in [1.29, 1.82) is 0 Å². The molecule has 0 bridgehead atoms. The molecule has 0 atom stereocenters. The third kappa shape index (κ3) is 1.16. The number of fused-ring (bicyclic) bond motifs is 1. The van der Waals surface area contributed by atoms with Crippen molar-refractivity contribution in [3.05, 3.63) is 36.0 Å². The van der Waals surface area contributed by atoms with E-state index in [1.165, 1.54) is 13.3 Å². The lowest BCUT2D eigenvalue weighted by Gasteiger charge is -2.00. The van der Waals surface area contributed by atoms with Crippen molar-refractivity contribution < 1.29 is 14.0 Å². The molecule has 1 aromatic heterocycles. The van der Waals surface area contributed by atoms with Crippen LogP contribution in [0.15, 0.2) is 30.5 Å². The van der Waals surface area contributed by atoms with Crippen molar-refractivity contribution in [2.75, 3.05) is 7.11 Å². The molecule has 0 spiro atoms. The topological polar surface area (TPSA) is 31.2 Å². The molecule has 2 rings (SSSR count). The highest BCUT2D eigenvalue weighted by atomic mass is 19.2. The number of nitrogens with zero attached hydrogens (tertiary/aromatic N) is 1. The normalized spacial score (nSPS) is 10.4. The Balaban J connectivity index is 2.71. The Morgan fingerprint density at radius 3 is 2.93 bits per heavy atom. The van der Waals surface area contributed by atoms with Crippen molar-refractivity contribution in [3.8, 4) is 0 Å². The molecule has 0 saturated heterocycles. The molecule has 0 aliphatic carbocycles. The quantitative estimate of drug-likeness (QED) is 0.650. The third-order valence-corrected chi connectivity index (χ3v) is 2.09. The van der Waals surface area contributed by atoms with Crippen molar-refractivity contribution in [3.63, 3.8) is 0 Å². The van der Waals surface area contributed by atoms with Crippen LogP contribution in [0.25, 0.3) is 10.9 Å². The summed E-state index contributed by atoms with van der Waals surface area (Å²) in [6.07, 6.45) is 1.26. The van der Waals surface area contributed by atoms with Crippen LogP contribution in [0.5, 0.6) is 0 Å². The standard InChI is InChI=1S/C10H8FNO2/c1-14-10(13)8-3-2-4-9-7(8)5-6-12(9)11/h2-6H,1H3. The van der Waals surface area contributed by atoms with Crippen LogP contribution in [0.3, 0.4) is 0 Å². The number of halogens is 1. The fourth-order valence-electron chi connectivity index (χ4n) is 1.42. The van der Waals surface area contributed by atoms with Crippen LogP contribution in [0.2, 0.25) is 0 Å². The highest BCUT2D eigenvalue weighted by Crippen LogP contribution is 2.20. The van der Waals surface area contributed by atoms with Gasteiger partial charge in [0.1, 0.15) is 0 Å². The van der Waals surface area contributed by atoms with Crippen LogP contribution in [-0.4, -0.2) is 17.9 Å². The first-order valence-electron chi connectivity index (χ1n) is 4.08. The van der Waals surface area contributed by atoms with E-state index in [1.54, 1.807) is 24.3 Å². The van der Waals surface area contributed by atoms with Gasteiger partial charge in [0, 0.05) is 11.6 Å². The Kier molecular flexibility index (Phi) is 1.96. The average Bonchev–Trinajstić information content (AvgIpc) is 2.59. The summed E-state index contributed by atoms with van der Waals surface area (Å²) in [6, 6.07) is 6.36. The lowest BCUT2D eigenvalue weighted by atomic mass is 10.1. The number of aromatic nitrogens is 1. The van der Waals surface area contributed by atoms with Gasteiger partial charge in [-0.25, -0.2) is 4.79 Å². The number of carbonyl (C=O) groups excluding carboxylic acids is 1. The van der Waals surface area contributed by atoms with Gasteiger partial charge in [0.25, 0.3) is 0 Å². The number of hydrogen-bond donors (Lipinski definition) is 0. The minimum Gasteiger partial charge on any atom is -0.465 e. The summed E-state index contributed by atoms with van der Waals surface area (Å²) in [7, 11) is 1.30. The fourth-order valence-corrected chi connectivity index (χ4v) is 1.42. The Bertz CT molecular complexity index is 490. The predicted molar refractivity (Wildman–Crippen MR) is 49.8 cm³/mol. The van der Waals surface area contributed by atoms with E-state index in [-0.39, 0.29) is 0 Å². The van der Waals surface area contributed by atoms with Crippen molar-refractivity contribution in [1.82, 2.24) is 4.79 Å². The van der Waals surface area contributed by atoms with Gasteiger partial charge in [0.2, 0.25) is 0 Å². The number of carbonyl (C=O) groups is 1. The van der Waals surface area contributed by atoms with E-state index >= 15 is 0 Å². The maximum atomic E-state index is 13.1. The highest BCUT2D eigenvalue weighted by Gasteiger charge is 2.11. The van der Waals surface area contributed by atoms with E-state index in [2.05, 4.69) is 4.74 Å². The predicted octanol–water partition coefficient (Wildman–Crippen LogP) is 2.16. The zero-order valence-electron chi connectivity index (χ0n) is 7.53. The summed E-state index contributed by atoms with van der Waals surface area (Å²) in [5.41, 5.74) is 0.745. The zero-order chi connectivity index (χ0) is 10.1. The van der Waals surface area contributed by atoms with Gasteiger partial charge < -0.3 is 4.74 Å². The number of rotatable bonds is 1. The van der Waals surface area contributed by atoms with Crippen molar-refractivity contribution in [2.24, 2.45) is 0 Å². The van der Waals surface area contributed by atoms with Gasteiger partial charge in [-0.3, -0.25) is 0 Å². The van der Waals surface area contributed by atoms with Crippen molar-refractivity contribution >= 4 is 16.9 Å². The molecule has 14 heavy (non-hydrogen) atoms. The summed E-state index contributed by atoms with van der Waals surface area (Å²) in [5.74, 6) is -0.457. The molecule has 0 unspecified atom stereocenters.